The molecule has 0 amide bonds. The van der Waals surface area contributed by atoms with Gasteiger partial charge in [-0.15, -0.1) is 0 Å². The van der Waals surface area contributed by atoms with Gasteiger partial charge in [0.2, 0.25) is 0 Å². The van der Waals surface area contributed by atoms with Gasteiger partial charge < -0.3 is 4.90 Å². The van der Waals surface area contributed by atoms with Crippen LogP contribution in [0.15, 0.2) is 24.3 Å². The smallest absolute Gasteiger partial charge is 0.00218 e. The number of unbranched alkanes of at least 4 members (excludes halogenated alkanes) is 24. The summed E-state index contributed by atoms with van der Waals surface area (Å²) in [6, 6.07) is 0. The van der Waals surface area contributed by atoms with Crippen molar-refractivity contribution in [3.63, 3.8) is 0 Å². The summed E-state index contributed by atoms with van der Waals surface area (Å²) in [5.74, 6) is 0. The SMILES string of the molecule is CCCCCCCC/C=C\CCCCCCCCN(C)CCCCCCCC/C=C\CCCCCCCC.F. The monoisotopic (exact) mass is 552 g/mol. The van der Waals surface area contributed by atoms with E-state index in [2.05, 4.69) is 50.1 Å². The van der Waals surface area contributed by atoms with Crippen LogP contribution < -0.4 is 0 Å². The lowest BCUT2D eigenvalue weighted by molar-refractivity contribution is 0.314. The Morgan fingerprint density at radius 1 is 0.333 bits per heavy atom. The summed E-state index contributed by atoms with van der Waals surface area (Å²) < 4.78 is 0. The second-order valence-electron chi connectivity index (χ2n) is 12.2. The molecule has 0 saturated carbocycles. The topological polar surface area (TPSA) is 3.24 Å². The quantitative estimate of drug-likeness (QED) is 0.0593. The molecular weight excluding hydrogens is 477 g/mol. The van der Waals surface area contributed by atoms with Gasteiger partial charge in [-0.2, -0.15) is 0 Å². The van der Waals surface area contributed by atoms with Crippen molar-refractivity contribution in [1.29, 1.82) is 0 Å². The molecule has 0 aliphatic carbocycles. The fraction of sp³-hybridized carbons (Fsp3) is 0.892. The maximum absolute atomic E-state index is 2.57. The Hall–Kier alpha value is -0.630. The van der Waals surface area contributed by atoms with E-state index in [-0.39, 0.29) is 4.70 Å². The molecule has 0 aromatic carbocycles. The summed E-state index contributed by atoms with van der Waals surface area (Å²) in [5, 5.41) is 0. The van der Waals surface area contributed by atoms with Gasteiger partial charge >= 0.3 is 0 Å². The fourth-order valence-corrected chi connectivity index (χ4v) is 5.37. The van der Waals surface area contributed by atoms with E-state index in [4.69, 9.17) is 0 Å². The fourth-order valence-electron chi connectivity index (χ4n) is 5.37. The summed E-state index contributed by atoms with van der Waals surface area (Å²) in [6.45, 7) is 7.19. The molecule has 0 N–H and O–H groups in total. The third kappa shape index (κ3) is 37.4. The van der Waals surface area contributed by atoms with Crippen molar-refractivity contribution in [1.82, 2.24) is 4.90 Å². The summed E-state index contributed by atoms with van der Waals surface area (Å²) in [4.78, 5) is 2.57. The minimum atomic E-state index is 0. The predicted octanol–water partition coefficient (Wildman–Crippen LogP) is 13.1. The average molecular weight is 552 g/mol. The Kier molecular flexibility index (Phi) is 38.8. The number of hydrogen-bond acceptors (Lipinski definition) is 1. The van der Waals surface area contributed by atoms with Gasteiger partial charge in [0.1, 0.15) is 0 Å². The van der Waals surface area contributed by atoms with Crippen LogP contribution in [0.4, 0.5) is 4.70 Å². The molecule has 0 rings (SSSR count). The van der Waals surface area contributed by atoms with E-state index in [0.717, 1.165) is 0 Å². The molecule has 0 aliphatic heterocycles. The first-order valence-electron chi connectivity index (χ1n) is 17.8. The van der Waals surface area contributed by atoms with Crippen LogP contribution in [0.1, 0.15) is 194 Å². The van der Waals surface area contributed by atoms with Crippen LogP contribution >= 0.6 is 0 Å². The molecule has 0 spiro atoms. The molecule has 0 aromatic rings. The minimum absolute atomic E-state index is 0. The Balaban J connectivity index is 0. The number of rotatable bonds is 32. The van der Waals surface area contributed by atoms with E-state index in [9.17, 15) is 0 Å². The van der Waals surface area contributed by atoms with Gasteiger partial charge in [-0.1, -0.05) is 154 Å². The van der Waals surface area contributed by atoms with Gasteiger partial charge in [0, 0.05) is 0 Å². The van der Waals surface area contributed by atoms with Crippen LogP contribution in [-0.2, 0) is 0 Å². The Bertz CT molecular complexity index is 430. The lowest BCUT2D eigenvalue weighted by atomic mass is 10.1. The molecule has 0 fully saturated rings. The third-order valence-electron chi connectivity index (χ3n) is 8.10. The first kappa shape index (κ1) is 40.5. The van der Waals surface area contributed by atoms with Crippen molar-refractivity contribution in [2.45, 2.75) is 194 Å². The molecule has 2 heteroatoms. The molecule has 0 aromatic heterocycles. The molecule has 234 valence electrons. The van der Waals surface area contributed by atoms with E-state index in [1.165, 1.54) is 193 Å². The molecular formula is C37H74FN. The molecule has 1 nitrogen and oxygen atoms in total. The van der Waals surface area contributed by atoms with E-state index < -0.39 is 0 Å². The van der Waals surface area contributed by atoms with Crippen LogP contribution in [0.5, 0.6) is 0 Å². The van der Waals surface area contributed by atoms with Crippen LogP contribution in [-0.4, -0.2) is 25.0 Å². The van der Waals surface area contributed by atoms with Gasteiger partial charge in [-0.05, 0) is 84.3 Å². The largest absolute Gasteiger partial charge is 0.306 e. The van der Waals surface area contributed by atoms with Gasteiger partial charge in [0.25, 0.3) is 0 Å². The maximum atomic E-state index is 2.57. The van der Waals surface area contributed by atoms with Crippen LogP contribution in [0.3, 0.4) is 0 Å². The van der Waals surface area contributed by atoms with E-state index in [1.807, 2.05) is 0 Å². The Morgan fingerprint density at radius 2 is 0.564 bits per heavy atom. The standard InChI is InChI=1S/C37H73N.FH/c1-4-6-8-10-12-14-16-18-20-22-24-26-28-30-32-34-36-38(3)37-35-33-31-29-27-25-23-21-19-17-15-13-11-9-7-5-2;/h18-21H,4-17,22-37H2,1-3H3;1H/b20-18-,21-19-;. The molecule has 0 radical (unpaired) electrons. The first-order valence-corrected chi connectivity index (χ1v) is 17.8. The highest BCUT2D eigenvalue weighted by molar-refractivity contribution is 4.82. The summed E-state index contributed by atoms with van der Waals surface area (Å²) in [5.41, 5.74) is 0. The lowest BCUT2D eigenvalue weighted by Crippen LogP contribution is -2.20. The molecule has 0 saturated heterocycles. The van der Waals surface area contributed by atoms with Gasteiger partial charge in [-0.25, -0.2) is 0 Å². The predicted molar refractivity (Wildman–Crippen MR) is 179 cm³/mol. The van der Waals surface area contributed by atoms with Crippen LogP contribution in [0.25, 0.3) is 0 Å². The zero-order chi connectivity index (χ0) is 27.6. The first-order chi connectivity index (χ1) is 18.8. The van der Waals surface area contributed by atoms with Crippen LogP contribution in [0, 0.1) is 0 Å². The molecule has 39 heavy (non-hydrogen) atoms. The molecule has 0 atom stereocenters. The Morgan fingerprint density at radius 3 is 0.846 bits per heavy atom. The number of nitrogens with zero attached hydrogens (tertiary/aromatic N) is 1. The third-order valence-corrected chi connectivity index (χ3v) is 8.10. The van der Waals surface area contributed by atoms with Crippen molar-refractivity contribution in [2.24, 2.45) is 0 Å². The minimum Gasteiger partial charge on any atom is -0.306 e. The molecule has 0 heterocycles. The number of hydrogen-bond donors (Lipinski definition) is 0. The second-order valence-corrected chi connectivity index (χ2v) is 12.2. The van der Waals surface area contributed by atoms with Crippen LogP contribution in [0.2, 0.25) is 0 Å². The van der Waals surface area contributed by atoms with Crippen molar-refractivity contribution < 1.29 is 4.70 Å². The zero-order valence-electron chi connectivity index (χ0n) is 27.4. The summed E-state index contributed by atoms with van der Waals surface area (Å²) in [6.07, 6.45) is 48.9. The highest BCUT2D eigenvalue weighted by Gasteiger charge is 1.99. The molecule has 0 bridgehead atoms. The zero-order valence-corrected chi connectivity index (χ0v) is 27.4. The maximum Gasteiger partial charge on any atom is -0.00218 e. The average Bonchev–Trinajstić information content (AvgIpc) is 2.92. The van der Waals surface area contributed by atoms with Gasteiger partial charge in [0.15, 0.2) is 0 Å². The van der Waals surface area contributed by atoms with E-state index in [0.29, 0.717) is 0 Å². The molecule has 0 aliphatic rings. The number of halogens is 1. The number of allylic oxidation sites excluding steroid dienone is 4. The van der Waals surface area contributed by atoms with Crippen molar-refractivity contribution >= 4 is 0 Å². The highest BCUT2D eigenvalue weighted by atomic mass is 19.0. The lowest BCUT2D eigenvalue weighted by Gasteiger charge is -2.16. The highest BCUT2D eigenvalue weighted by Crippen LogP contribution is 2.12. The van der Waals surface area contributed by atoms with Gasteiger partial charge in [-0.3, -0.25) is 4.70 Å². The summed E-state index contributed by atoms with van der Waals surface area (Å²) in [7, 11) is 2.33. The Labute approximate surface area is 247 Å². The molecule has 0 unspecified atom stereocenters. The summed E-state index contributed by atoms with van der Waals surface area (Å²) >= 11 is 0. The van der Waals surface area contributed by atoms with E-state index >= 15 is 0 Å². The van der Waals surface area contributed by atoms with Crippen molar-refractivity contribution in [3.05, 3.63) is 24.3 Å². The normalized spacial score (nSPS) is 11.8. The van der Waals surface area contributed by atoms with Crippen molar-refractivity contribution in [3.8, 4) is 0 Å². The second kappa shape index (κ2) is 37.4. The van der Waals surface area contributed by atoms with Gasteiger partial charge in [0.05, 0.1) is 0 Å². The van der Waals surface area contributed by atoms with Crippen molar-refractivity contribution in [2.75, 3.05) is 20.1 Å². The van der Waals surface area contributed by atoms with E-state index in [1.54, 1.807) is 0 Å².